The van der Waals surface area contributed by atoms with Gasteiger partial charge in [0.05, 0.1) is 6.10 Å². The monoisotopic (exact) mass is 146 g/mol. The molecule has 3 aliphatic rings. The molecule has 2 atom stereocenters. The van der Waals surface area contributed by atoms with E-state index in [1.807, 2.05) is 0 Å². The fourth-order valence-corrected chi connectivity index (χ4v) is 1.10. The first kappa shape index (κ1) is 6.57. The van der Waals surface area contributed by atoms with E-state index < -0.39 is 25.5 Å². The second kappa shape index (κ2) is 1.72. The van der Waals surface area contributed by atoms with Gasteiger partial charge in [0.15, 0.2) is 0 Å². The molecule has 0 aromatic heterocycles. The van der Waals surface area contributed by atoms with Crippen molar-refractivity contribution in [3.8, 4) is 0 Å². The Bertz CT molecular complexity index is 154. The molecule has 6 heteroatoms. The molecule has 0 radical (unpaired) electrons. The van der Waals surface area contributed by atoms with E-state index in [1.54, 1.807) is 0 Å². The van der Waals surface area contributed by atoms with Crippen LogP contribution in [0.2, 0.25) is 0 Å². The summed E-state index contributed by atoms with van der Waals surface area (Å²) in [5, 5.41) is 18.1. The first-order chi connectivity index (χ1) is 4.62. The van der Waals surface area contributed by atoms with E-state index in [0.29, 0.717) is 0 Å². The van der Waals surface area contributed by atoms with E-state index in [0.717, 1.165) is 0 Å². The Morgan fingerprint density at radius 1 is 1.60 bits per heavy atom. The van der Waals surface area contributed by atoms with Crippen LogP contribution in [-0.4, -0.2) is 35.7 Å². The smallest absolute Gasteiger partial charge is 0.390 e. The molecule has 56 valence electrons. The van der Waals surface area contributed by atoms with Crippen molar-refractivity contribution < 1.29 is 24.2 Å². The number of aliphatic hydroxyl groups excluding tert-OH is 1. The SMILES string of the molecule is CC(O)C1OB2OC1(O)O2. The Morgan fingerprint density at radius 3 is 2.40 bits per heavy atom. The highest BCUT2D eigenvalue weighted by Crippen LogP contribution is 2.39. The number of hydrogen-bond donors (Lipinski definition) is 2. The third-order valence-corrected chi connectivity index (χ3v) is 1.59. The number of aliphatic hydroxyl groups is 2. The van der Waals surface area contributed by atoms with Gasteiger partial charge in [-0.2, -0.15) is 0 Å². The van der Waals surface area contributed by atoms with E-state index in [4.69, 9.17) is 14.9 Å². The van der Waals surface area contributed by atoms with E-state index in [9.17, 15) is 0 Å². The average Bonchev–Trinajstić information content (AvgIpc) is 2.17. The molecular formula is C4H7BO5. The predicted molar refractivity (Wildman–Crippen MR) is 29.4 cm³/mol. The molecule has 10 heavy (non-hydrogen) atoms. The molecule has 2 bridgehead atoms. The van der Waals surface area contributed by atoms with Gasteiger partial charge < -0.3 is 24.2 Å². The van der Waals surface area contributed by atoms with Crippen LogP contribution >= 0.6 is 0 Å². The Balaban J connectivity index is 2.11. The quantitative estimate of drug-likeness (QED) is 0.438. The Morgan fingerprint density at radius 2 is 2.20 bits per heavy atom. The van der Waals surface area contributed by atoms with Gasteiger partial charge in [-0.1, -0.05) is 0 Å². The fraction of sp³-hybridized carbons (Fsp3) is 1.00. The lowest BCUT2D eigenvalue weighted by Gasteiger charge is -2.31. The first-order valence-corrected chi connectivity index (χ1v) is 3.03. The lowest BCUT2D eigenvalue weighted by molar-refractivity contribution is -0.343. The molecule has 0 aromatic carbocycles. The van der Waals surface area contributed by atoms with Gasteiger partial charge in [-0.15, -0.1) is 0 Å². The van der Waals surface area contributed by atoms with Crippen molar-refractivity contribution in [1.29, 1.82) is 0 Å². The summed E-state index contributed by atoms with van der Waals surface area (Å²) in [6.07, 6.45) is -1.57. The molecule has 0 saturated carbocycles. The van der Waals surface area contributed by atoms with E-state index in [2.05, 4.69) is 9.31 Å². The topological polar surface area (TPSA) is 68.2 Å². The van der Waals surface area contributed by atoms with Crippen molar-refractivity contribution in [1.82, 2.24) is 0 Å². The van der Waals surface area contributed by atoms with Gasteiger partial charge in [0.25, 0.3) is 5.97 Å². The Labute approximate surface area is 57.7 Å². The molecule has 3 rings (SSSR count). The molecule has 3 saturated heterocycles. The third kappa shape index (κ3) is 0.651. The van der Waals surface area contributed by atoms with Gasteiger partial charge in [-0.25, -0.2) is 0 Å². The number of hydrogen-bond acceptors (Lipinski definition) is 5. The second-order valence-corrected chi connectivity index (χ2v) is 2.45. The zero-order valence-electron chi connectivity index (χ0n) is 5.35. The Kier molecular flexibility index (Phi) is 1.13. The van der Waals surface area contributed by atoms with E-state index >= 15 is 0 Å². The molecular weight excluding hydrogens is 139 g/mol. The molecule has 0 aromatic rings. The molecule has 0 spiro atoms. The molecule has 3 heterocycles. The van der Waals surface area contributed by atoms with Crippen LogP contribution in [-0.2, 0) is 14.0 Å². The maximum atomic E-state index is 9.16. The maximum Gasteiger partial charge on any atom is 0.647 e. The largest absolute Gasteiger partial charge is 0.647 e. The maximum absolute atomic E-state index is 9.16. The van der Waals surface area contributed by atoms with Crippen molar-refractivity contribution >= 4 is 7.32 Å². The zero-order valence-corrected chi connectivity index (χ0v) is 5.35. The van der Waals surface area contributed by atoms with Gasteiger partial charge >= 0.3 is 7.32 Å². The van der Waals surface area contributed by atoms with Crippen LogP contribution in [0, 0.1) is 0 Å². The van der Waals surface area contributed by atoms with Crippen LogP contribution in [0.3, 0.4) is 0 Å². The van der Waals surface area contributed by atoms with Crippen LogP contribution in [0.5, 0.6) is 0 Å². The third-order valence-electron chi connectivity index (χ3n) is 1.59. The van der Waals surface area contributed by atoms with Crippen LogP contribution in [0.25, 0.3) is 0 Å². The van der Waals surface area contributed by atoms with Crippen molar-refractivity contribution in [2.75, 3.05) is 0 Å². The first-order valence-electron chi connectivity index (χ1n) is 3.03. The van der Waals surface area contributed by atoms with Gasteiger partial charge in [0.1, 0.15) is 6.10 Å². The lowest BCUT2D eigenvalue weighted by Crippen LogP contribution is -2.54. The van der Waals surface area contributed by atoms with Crippen molar-refractivity contribution in [2.45, 2.75) is 25.1 Å². The molecule has 2 N–H and O–H groups in total. The molecule has 3 aliphatic heterocycles. The molecule has 0 aliphatic carbocycles. The fourth-order valence-electron chi connectivity index (χ4n) is 1.10. The highest BCUT2D eigenvalue weighted by molar-refractivity contribution is 6.40. The highest BCUT2D eigenvalue weighted by Gasteiger charge is 2.67. The molecule has 2 unspecified atom stereocenters. The van der Waals surface area contributed by atoms with Gasteiger partial charge in [0, 0.05) is 0 Å². The summed E-state index contributed by atoms with van der Waals surface area (Å²) < 4.78 is 14.2. The van der Waals surface area contributed by atoms with Crippen LogP contribution in [0.15, 0.2) is 0 Å². The van der Waals surface area contributed by atoms with Gasteiger partial charge in [0.2, 0.25) is 0 Å². The predicted octanol–water partition coefficient (Wildman–Crippen LogP) is -1.56. The minimum absolute atomic E-state index is 0.780. The summed E-state index contributed by atoms with van der Waals surface area (Å²) in [7, 11) is -0.787. The summed E-state index contributed by atoms with van der Waals surface area (Å²) in [6, 6.07) is 0. The van der Waals surface area contributed by atoms with Crippen LogP contribution in [0.1, 0.15) is 6.92 Å². The standard InChI is InChI=1S/C4H7BO5/c1-2(6)3-4(7)9-5(8-3)10-4/h2-3,6-7H,1H3. The van der Waals surface area contributed by atoms with Crippen LogP contribution < -0.4 is 0 Å². The number of fused-ring (bicyclic) bond motifs is 1. The normalized spacial score (nSPS) is 47.1. The molecule has 5 nitrogen and oxygen atoms in total. The summed E-state index contributed by atoms with van der Waals surface area (Å²) in [5.74, 6) is -1.70. The second-order valence-electron chi connectivity index (χ2n) is 2.45. The number of rotatable bonds is 1. The Hall–Kier alpha value is -0.135. The van der Waals surface area contributed by atoms with Crippen LogP contribution in [0.4, 0.5) is 0 Å². The van der Waals surface area contributed by atoms with Gasteiger partial charge in [-0.05, 0) is 6.92 Å². The van der Waals surface area contributed by atoms with Crippen molar-refractivity contribution in [3.05, 3.63) is 0 Å². The molecule has 0 amide bonds. The minimum atomic E-state index is -1.70. The summed E-state index contributed by atoms with van der Waals surface area (Å²) >= 11 is 0. The average molecular weight is 146 g/mol. The summed E-state index contributed by atoms with van der Waals surface area (Å²) in [4.78, 5) is 0. The summed E-state index contributed by atoms with van der Waals surface area (Å²) in [6.45, 7) is 1.50. The van der Waals surface area contributed by atoms with E-state index in [1.165, 1.54) is 6.92 Å². The molecule has 3 fully saturated rings. The van der Waals surface area contributed by atoms with Gasteiger partial charge in [-0.3, -0.25) is 0 Å². The lowest BCUT2D eigenvalue weighted by atomic mass is 10.1. The van der Waals surface area contributed by atoms with Crippen molar-refractivity contribution in [3.63, 3.8) is 0 Å². The van der Waals surface area contributed by atoms with Crippen molar-refractivity contribution in [2.24, 2.45) is 0 Å². The van der Waals surface area contributed by atoms with E-state index in [-0.39, 0.29) is 0 Å². The summed E-state index contributed by atoms with van der Waals surface area (Å²) in [5.41, 5.74) is 0. The minimum Gasteiger partial charge on any atom is -0.390 e. The highest BCUT2D eigenvalue weighted by atomic mass is 17.0. The zero-order chi connectivity index (χ0) is 7.35.